The summed E-state index contributed by atoms with van der Waals surface area (Å²) in [7, 11) is 3.39. The Bertz CT molecular complexity index is 1260. The molecular weight excluding hydrogens is 429 g/mol. The number of aromatic nitrogens is 4. The predicted octanol–water partition coefficient (Wildman–Crippen LogP) is 2.26. The van der Waals surface area contributed by atoms with E-state index in [2.05, 4.69) is 26.0 Å². The molecule has 33 heavy (non-hydrogen) atoms. The minimum atomic E-state index is -1.01. The number of nitrogens with one attached hydrogen (secondary N) is 3. The van der Waals surface area contributed by atoms with Crippen LogP contribution < -0.4 is 21.5 Å². The number of amides is 1. The maximum Gasteiger partial charge on any atom is 0.274 e. The number of carbonyl (C=O) groups excluding carboxylic acids is 1. The average Bonchev–Trinajstić information content (AvgIpc) is 3.20. The summed E-state index contributed by atoms with van der Waals surface area (Å²) >= 11 is 0. The Morgan fingerprint density at radius 1 is 1.33 bits per heavy atom. The first-order valence-electron chi connectivity index (χ1n) is 11.0. The molecule has 3 aromatic rings. The highest BCUT2D eigenvalue weighted by molar-refractivity contribution is 6.00. The number of hydrogen-bond acceptors (Lipinski definition) is 7. The molecule has 3 aromatic heterocycles. The van der Waals surface area contributed by atoms with Crippen LogP contribution in [-0.4, -0.2) is 57.5 Å². The smallest absolute Gasteiger partial charge is 0.274 e. The van der Waals surface area contributed by atoms with Crippen LogP contribution >= 0.6 is 0 Å². The van der Waals surface area contributed by atoms with Crippen molar-refractivity contribution in [2.75, 3.05) is 24.8 Å². The summed E-state index contributed by atoms with van der Waals surface area (Å²) in [6.45, 7) is 0. The summed E-state index contributed by atoms with van der Waals surface area (Å²) in [6, 6.07) is 4.72. The Balaban J connectivity index is 1.48. The largest absolute Gasteiger partial charge is 0.379 e. The number of anilines is 3. The third-order valence-electron chi connectivity index (χ3n) is 6.32. The van der Waals surface area contributed by atoms with Crippen molar-refractivity contribution in [2.45, 2.75) is 50.0 Å². The van der Waals surface area contributed by atoms with Crippen molar-refractivity contribution in [3.05, 3.63) is 46.5 Å². The zero-order chi connectivity index (χ0) is 23.1. The summed E-state index contributed by atoms with van der Waals surface area (Å²) in [5, 5.41) is 13.0. The van der Waals surface area contributed by atoms with Crippen LogP contribution in [0, 0.1) is 0 Å². The topological polar surface area (TPSA) is 115 Å². The van der Waals surface area contributed by atoms with Gasteiger partial charge in [-0.2, -0.15) is 9.61 Å². The van der Waals surface area contributed by atoms with Gasteiger partial charge in [-0.15, -0.1) is 0 Å². The zero-order valence-electron chi connectivity index (χ0n) is 18.4. The van der Waals surface area contributed by atoms with Crippen LogP contribution in [0.4, 0.5) is 21.7 Å². The quantitative estimate of drug-likeness (QED) is 0.501. The molecule has 2 saturated carbocycles. The number of fused-ring (bicyclic) bond motifs is 1. The Morgan fingerprint density at radius 3 is 2.88 bits per heavy atom. The molecule has 0 bridgehead atoms. The first-order chi connectivity index (χ1) is 16.0. The lowest BCUT2D eigenvalue weighted by Gasteiger charge is -2.21. The lowest BCUT2D eigenvalue weighted by molar-refractivity contribution is 0.0739. The van der Waals surface area contributed by atoms with E-state index in [1.807, 2.05) is 6.07 Å². The second-order valence-corrected chi connectivity index (χ2v) is 8.43. The number of rotatable bonds is 7. The normalized spacial score (nSPS) is 24.1. The summed E-state index contributed by atoms with van der Waals surface area (Å²) < 4.78 is 22.0. The first kappa shape index (κ1) is 21.4. The van der Waals surface area contributed by atoms with Gasteiger partial charge in [0.15, 0.2) is 5.65 Å². The minimum Gasteiger partial charge on any atom is -0.379 e. The summed E-state index contributed by atoms with van der Waals surface area (Å²) in [6.07, 6.45) is 5.30. The number of pyridine rings is 1. The van der Waals surface area contributed by atoms with Crippen LogP contribution in [0.3, 0.4) is 0 Å². The second-order valence-electron chi connectivity index (χ2n) is 8.43. The van der Waals surface area contributed by atoms with Gasteiger partial charge in [-0.3, -0.25) is 9.59 Å². The van der Waals surface area contributed by atoms with E-state index in [-0.39, 0.29) is 23.3 Å². The molecule has 11 heteroatoms. The van der Waals surface area contributed by atoms with Gasteiger partial charge >= 0.3 is 0 Å². The number of ether oxygens (including phenoxy) is 1. The highest BCUT2D eigenvalue weighted by atomic mass is 19.1. The van der Waals surface area contributed by atoms with Crippen LogP contribution in [0.1, 0.15) is 42.1 Å². The van der Waals surface area contributed by atoms with Gasteiger partial charge in [0.25, 0.3) is 11.5 Å². The molecule has 2 aliphatic rings. The van der Waals surface area contributed by atoms with E-state index < -0.39 is 18.1 Å². The van der Waals surface area contributed by atoms with Gasteiger partial charge in [0.1, 0.15) is 29.1 Å². The van der Waals surface area contributed by atoms with Crippen molar-refractivity contribution >= 4 is 28.9 Å². The predicted molar refractivity (Wildman–Crippen MR) is 121 cm³/mol. The standard InChI is InChI=1S/C22H26FN7O3/c1-24-19-10-18(28-20-12(11-25-30(19)20)21(31)27-15-9-13(15)23)26-14-5-4-8-29(22(14)32)16-6-3-7-17(16)33-2/h4-5,8,10-11,13,15-17,24H,3,6-7,9H2,1-2H3,(H,26,28)(H,27,31)/t13-,15+,16+,17+/m0/s1. The molecule has 174 valence electrons. The van der Waals surface area contributed by atoms with E-state index in [4.69, 9.17) is 4.74 Å². The molecule has 0 aromatic carbocycles. The summed E-state index contributed by atoms with van der Waals surface area (Å²) in [5.74, 6) is 0.513. The molecule has 0 saturated heterocycles. The molecule has 0 spiro atoms. The van der Waals surface area contributed by atoms with Crippen molar-refractivity contribution < 1.29 is 13.9 Å². The van der Waals surface area contributed by atoms with Crippen LogP contribution in [0.2, 0.25) is 0 Å². The van der Waals surface area contributed by atoms with Crippen molar-refractivity contribution in [1.82, 2.24) is 24.5 Å². The minimum absolute atomic E-state index is 0.00608. The number of halogens is 1. The zero-order valence-corrected chi connectivity index (χ0v) is 18.4. The lowest BCUT2D eigenvalue weighted by atomic mass is 10.2. The summed E-state index contributed by atoms with van der Waals surface area (Å²) in [5.41, 5.74) is 0.716. The highest BCUT2D eigenvalue weighted by Gasteiger charge is 2.39. The van der Waals surface area contributed by atoms with Gasteiger partial charge in [0.05, 0.1) is 24.4 Å². The average molecular weight is 455 g/mol. The molecule has 2 fully saturated rings. The lowest BCUT2D eigenvalue weighted by Crippen LogP contribution is -2.30. The van der Waals surface area contributed by atoms with Crippen molar-refractivity contribution in [1.29, 1.82) is 0 Å². The first-order valence-corrected chi connectivity index (χ1v) is 11.0. The molecule has 0 radical (unpaired) electrons. The van der Waals surface area contributed by atoms with Gasteiger partial charge in [-0.25, -0.2) is 9.37 Å². The molecule has 10 nitrogen and oxygen atoms in total. The third kappa shape index (κ3) is 3.92. The fourth-order valence-electron chi connectivity index (χ4n) is 4.43. The Morgan fingerprint density at radius 2 is 2.15 bits per heavy atom. The maximum atomic E-state index is 13.2. The second kappa shape index (κ2) is 8.47. The van der Waals surface area contributed by atoms with Crippen molar-refractivity contribution in [3.63, 3.8) is 0 Å². The SMILES string of the molecule is CNc1cc(Nc2cccn([C@@H]3CCC[C@H]3OC)c2=O)nc2c(C(=O)N[C@@H]3C[C@@H]3F)cnn12. The number of carbonyl (C=O) groups is 1. The van der Waals surface area contributed by atoms with Crippen LogP contribution in [-0.2, 0) is 4.74 Å². The molecule has 0 unspecified atom stereocenters. The molecule has 5 rings (SSSR count). The van der Waals surface area contributed by atoms with E-state index in [0.717, 1.165) is 19.3 Å². The van der Waals surface area contributed by atoms with Crippen LogP contribution in [0.15, 0.2) is 35.4 Å². The van der Waals surface area contributed by atoms with E-state index in [9.17, 15) is 14.0 Å². The third-order valence-corrected chi connectivity index (χ3v) is 6.32. The number of alkyl halides is 1. The molecule has 3 N–H and O–H groups in total. The summed E-state index contributed by atoms with van der Waals surface area (Å²) in [4.78, 5) is 30.3. The molecular formula is C22H26FN7O3. The van der Waals surface area contributed by atoms with Crippen LogP contribution in [0.5, 0.6) is 0 Å². The van der Waals surface area contributed by atoms with E-state index in [0.29, 0.717) is 29.4 Å². The molecule has 2 aliphatic carbocycles. The fourth-order valence-corrected chi connectivity index (χ4v) is 4.43. The van der Waals surface area contributed by atoms with Crippen molar-refractivity contribution in [2.24, 2.45) is 0 Å². The van der Waals surface area contributed by atoms with Gasteiger partial charge in [0.2, 0.25) is 0 Å². The molecule has 1 amide bonds. The van der Waals surface area contributed by atoms with E-state index in [1.54, 1.807) is 37.1 Å². The molecule has 3 heterocycles. The van der Waals surface area contributed by atoms with Gasteiger partial charge < -0.3 is 25.3 Å². The van der Waals surface area contributed by atoms with E-state index in [1.165, 1.54) is 10.7 Å². The number of nitrogens with zero attached hydrogens (tertiary/aromatic N) is 4. The number of hydrogen-bond donors (Lipinski definition) is 3. The molecule has 0 aliphatic heterocycles. The van der Waals surface area contributed by atoms with Crippen LogP contribution in [0.25, 0.3) is 5.65 Å². The number of methoxy groups -OCH3 is 1. The maximum absolute atomic E-state index is 13.2. The fraction of sp³-hybridized carbons (Fsp3) is 0.455. The van der Waals surface area contributed by atoms with Gasteiger partial charge in [-0.05, 0) is 31.4 Å². The van der Waals surface area contributed by atoms with Gasteiger partial charge in [0, 0.05) is 32.8 Å². The highest BCUT2D eigenvalue weighted by Crippen LogP contribution is 2.31. The Kier molecular flexibility index (Phi) is 5.49. The Hall–Kier alpha value is -3.47. The molecule has 4 atom stereocenters. The monoisotopic (exact) mass is 455 g/mol. The van der Waals surface area contributed by atoms with E-state index >= 15 is 0 Å². The van der Waals surface area contributed by atoms with Crippen molar-refractivity contribution in [3.8, 4) is 0 Å². The Labute approximate surface area is 189 Å². The van der Waals surface area contributed by atoms with Gasteiger partial charge in [-0.1, -0.05) is 0 Å².